The van der Waals surface area contributed by atoms with E-state index in [4.69, 9.17) is 4.98 Å². The SMILES string of the molecule is C=N/C=C(\C=C(/C1CCCCC1)N1CCCCC1)c1cc(-c2ccnc(C(C)(C)C#N)c2)cnc1C. The molecule has 3 heterocycles. The molecule has 1 aliphatic carbocycles. The molecule has 0 aromatic carbocycles. The summed E-state index contributed by atoms with van der Waals surface area (Å²) in [5.41, 5.74) is 6.70. The molecule has 0 amide bonds. The lowest BCUT2D eigenvalue weighted by Gasteiger charge is -2.37. The molecule has 188 valence electrons. The molecule has 0 spiro atoms. The van der Waals surface area contributed by atoms with Gasteiger partial charge in [0.2, 0.25) is 0 Å². The van der Waals surface area contributed by atoms with E-state index in [1.807, 2.05) is 38.4 Å². The highest BCUT2D eigenvalue weighted by atomic mass is 15.1. The summed E-state index contributed by atoms with van der Waals surface area (Å²) in [6.07, 6.45) is 18.3. The van der Waals surface area contributed by atoms with Crippen LogP contribution >= 0.6 is 0 Å². The summed E-state index contributed by atoms with van der Waals surface area (Å²) in [6.45, 7) is 11.9. The van der Waals surface area contributed by atoms with Crippen molar-refractivity contribution in [3.8, 4) is 17.2 Å². The average molecular weight is 482 g/mol. The number of hydrogen-bond acceptors (Lipinski definition) is 5. The predicted molar refractivity (Wildman–Crippen MR) is 148 cm³/mol. The molecule has 1 aliphatic heterocycles. The number of piperidine rings is 1. The first-order valence-corrected chi connectivity index (χ1v) is 13.4. The number of aromatic nitrogens is 2. The van der Waals surface area contributed by atoms with Crippen molar-refractivity contribution >= 4 is 12.3 Å². The maximum Gasteiger partial charge on any atom is 0.0937 e. The van der Waals surface area contributed by atoms with Crippen LogP contribution in [0.2, 0.25) is 0 Å². The average Bonchev–Trinajstić information content (AvgIpc) is 2.92. The number of nitrogens with zero attached hydrogens (tertiary/aromatic N) is 5. The van der Waals surface area contributed by atoms with Gasteiger partial charge >= 0.3 is 0 Å². The Balaban J connectivity index is 1.76. The third-order valence-electron chi connectivity index (χ3n) is 7.69. The molecule has 4 rings (SSSR count). The Labute approximate surface area is 216 Å². The number of hydrogen-bond donors (Lipinski definition) is 0. The minimum Gasteiger partial charge on any atom is -0.375 e. The fourth-order valence-corrected chi connectivity index (χ4v) is 5.45. The van der Waals surface area contributed by atoms with Gasteiger partial charge in [0, 0.05) is 59.8 Å². The second-order valence-corrected chi connectivity index (χ2v) is 10.7. The molecule has 0 bridgehead atoms. The van der Waals surface area contributed by atoms with Crippen LogP contribution < -0.4 is 0 Å². The fourth-order valence-electron chi connectivity index (χ4n) is 5.45. The van der Waals surface area contributed by atoms with E-state index >= 15 is 0 Å². The maximum atomic E-state index is 9.58. The lowest BCUT2D eigenvalue weighted by molar-refractivity contribution is 0.234. The molecule has 5 heteroatoms. The first kappa shape index (κ1) is 25.8. The van der Waals surface area contributed by atoms with Gasteiger partial charge < -0.3 is 4.90 Å². The number of likely N-dealkylation sites (tertiary alicyclic amines) is 1. The Bertz CT molecular complexity index is 1150. The predicted octanol–water partition coefficient (Wildman–Crippen LogP) is 7.24. The van der Waals surface area contributed by atoms with Crippen LogP contribution in [0.5, 0.6) is 0 Å². The van der Waals surface area contributed by atoms with Crippen LogP contribution in [0.3, 0.4) is 0 Å². The first-order chi connectivity index (χ1) is 17.4. The van der Waals surface area contributed by atoms with Gasteiger partial charge in [-0.2, -0.15) is 5.26 Å². The van der Waals surface area contributed by atoms with Crippen molar-refractivity contribution in [3.05, 3.63) is 65.5 Å². The fraction of sp³-hybridized carbons (Fsp3) is 0.484. The van der Waals surface area contributed by atoms with Crippen molar-refractivity contribution in [2.75, 3.05) is 13.1 Å². The zero-order valence-electron chi connectivity index (χ0n) is 22.1. The Morgan fingerprint density at radius 3 is 2.50 bits per heavy atom. The topological polar surface area (TPSA) is 65.2 Å². The van der Waals surface area contributed by atoms with Gasteiger partial charge in [-0.25, -0.2) is 0 Å². The number of pyridine rings is 2. The Hall–Kier alpha value is -3.26. The molecule has 2 fully saturated rings. The third-order valence-corrected chi connectivity index (χ3v) is 7.69. The van der Waals surface area contributed by atoms with E-state index < -0.39 is 5.41 Å². The van der Waals surface area contributed by atoms with E-state index in [1.54, 1.807) is 6.20 Å². The van der Waals surface area contributed by atoms with Crippen LogP contribution in [0.25, 0.3) is 16.7 Å². The molecule has 2 aromatic heterocycles. The van der Waals surface area contributed by atoms with Crippen LogP contribution in [0, 0.1) is 24.2 Å². The van der Waals surface area contributed by atoms with Gasteiger partial charge in [-0.3, -0.25) is 15.0 Å². The van der Waals surface area contributed by atoms with Gasteiger partial charge in [0.25, 0.3) is 0 Å². The highest BCUT2D eigenvalue weighted by Crippen LogP contribution is 2.36. The van der Waals surface area contributed by atoms with E-state index in [-0.39, 0.29) is 0 Å². The van der Waals surface area contributed by atoms with E-state index in [0.717, 1.165) is 46.7 Å². The highest BCUT2D eigenvalue weighted by Gasteiger charge is 2.25. The lowest BCUT2D eigenvalue weighted by atomic mass is 9.84. The Morgan fingerprint density at radius 1 is 1.08 bits per heavy atom. The van der Waals surface area contributed by atoms with Gasteiger partial charge in [0.1, 0.15) is 0 Å². The third kappa shape index (κ3) is 5.93. The minimum absolute atomic E-state index is 0.609. The van der Waals surface area contributed by atoms with Crippen LogP contribution in [0.4, 0.5) is 0 Å². The summed E-state index contributed by atoms with van der Waals surface area (Å²) in [6, 6.07) is 8.54. The van der Waals surface area contributed by atoms with Crippen LogP contribution in [-0.4, -0.2) is 34.7 Å². The molecule has 0 radical (unpaired) electrons. The zero-order chi connectivity index (χ0) is 25.5. The molecule has 2 aliphatic rings. The highest BCUT2D eigenvalue weighted by molar-refractivity contribution is 5.79. The van der Waals surface area contributed by atoms with E-state index in [9.17, 15) is 5.26 Å². The normalized spacial score (nSPS) is 18.1. The zero-order valence-corrected chi connectivity index (χ0v) is 22.1. The molecule has 2 aromatic rings. The van der Waals surface area contributed by atoms with Gasteiger partial charge in [-0.05, 0) is 95.3 Å². The van der Waals surface area contributed by atoms with E-state index in [0.29, 0.717) is 5.92 Å². The number of aryl methyl sites for hydroxylation is 1. The summed E-state index contributed by atoms with van der Waals surface area (Å²) in [7, 11) is 0. The number of nitriles is 1. The second-order valence-electron chi connectivity index (χ2n) is 10.7. The maximum absolute atomic E-state index is 9.58. The molecule has 0 N–H and O–H groups in total. The molecule has 5 nitrogen and oxygen atoms in total. The van der Waals surface area contributed by atoms with Gasteiger partial charge in [0.15, 0.2) is 0 Å². The minimum atomic E-state index is -0.652. The summed E-state index contributed by atoms with van der Waals surface area (Å²) in [4.78, 5) is 16.1. The Kier molecular flexibility index (Phi) is 8.36. The molecule has 1 saturated carbocycles. The van der Waals surface area contributed by atoms with Gasteiger partial charge in [-0.1, -0.05) is 19.3 Å². The molecule has 0 unspecified atom stereocenters. The lowest BCUT2D eigenvalue weighted by Crippen LogP contribution is -2.33. The van der Waals surface area contributed by atoms with E-state index in [1.165, 1.54) is 57.1 Å². The van der Waals surface area contributed by atoms with E-state index in [2.05, 4.69) is 46.7 Å². The van der Waals surface area contributed by atoms with Crippen LogP contribution in [0.15, 0.2) is 53.6 Å². The molecule has 1 saturated heterocycles. The van der Waals surface area contributed by atoms with Crippen molar-refractivity contribution in [3.63, 3.8) is 0 Å². The number of allylic oxidation sites excluding steroid dienone is 3. The molecular formula is C31H39N5. The summed E-state index contributed by atoms with van der Waals surface area (Å²) in [5, 5.41) is 9.58. The monoisotopic (exact) mass is 481 g/mol. The molecule has 0 atom stereocenters. The van der Waals surface area contributed by atoms with Crippen molar-refractivity contribution < 1.29 is 0 Å². The van der Waals surface area contributed by atoms with Crippen LogP contribution in [-0.2, 0) is 5.41 Å². The summed E-state index contributed by atoms with van der Waals surface area (Å²) in [5.74, 6) is 0.609. The van der Waals surface area contributed by atoms with Crippen molar-refractivity contribution in [2.45, 2.75) is 77.6 Å². The van der Waals surface area contributed by atoms with Crippen molar-refractivity contribution in [2.24, 2.45) is 10.9 Å². The van der Waals surface area contributed by atoms with Crippen molar-refractivity contribution in [1.82, 2.24) is 14.9 Å². The largest absolute Gasteiger partial charge is 0.375 e. The number of rotatable bonds is 7. The van der Waals surface area contributed by atoms with Gasteiger partial charge in [0.05, 0.1) is 17.2 Å². The summed E-state index contributed by atoms with van der Waals surface area (Å²) >= 11 is 0. The second kappa shape index (κ2) is 11.6. The molecular weight excluding hydrogens is 442 g/mol. The summed E-state index contributed by atoms with van der Waals surface area (Å²) < 4.78 is 0. The first-order valence-electron chi connectivity index (χ1n) is 13.4. The van der Waals surface area contributed by atoms with Crippen molar-refractivity contribution in [1.29, 1.82) is 5.26 Å². The quantitative estimate of drug-likeness (QED) is 0.309. The number of aliphatic imine (C=N–C) groups is 1. The van der Waals surface area contributed by atoms with Gasteiger partial charge in [-0.15, -0.1) is 0 Å². The Morgan fingerprint density at radius 2 is 1.81 bits per heavy atom. The standard InChI is InChI=1S/C31H39N5/c1-23-28(17-26(21-35-23)25-13-14-34-30(19-25)31(2,3)22-32)27(20-33-4)18-29(24-11-7-5-8-12-24)36-15-9-6-10-16-36/h13-14,17-21,24H,4-12,15-16H2,1-3H3/b27-20+,29-18+. The smallest absolute Gasteiger partial charge is 0.0937 e. The molecule has 36 heavy (non-hydrogen) atoms. The van der Waals surface area contributed by atoms with Crippen LogP contribution in [0.1, 0.15) is 82.2 Å².